The fraction of sp³-hybridized carbons (Fsp3) is 0.242. The molecule has 1 amide bonds. The Balaban J connectivity index is 1.95. The zero-order valence-corrected chi connectivity index (χ0v) is 23.0. The predicted octanol–water partition coefficient (Wildman–Crippen LogP) is 5.62. The van der Waals surface area contributed by atoms with E-state index in [1.54, 1.807) is 30.3 Å². The Bertz CT molecular complexity index is 1470. The van der Waals surface area contributed by atoms with E-state index >= 15 is 0 Å². The van der Waals surface area contributed by atoms with E-state index in [0.29, 0.717) is 33.8 Å². The van der Waals surface area contributed by atoms with Crippen LogP contribution in [0.2, 0.25) is 0 Å². The van der Waals surface area contributed by atoms with Gasteiger partial charge in [0, 0.05) is 41.4 Å². The molecule has 1 heterocycles. The van der Waals surface area contributed by atoms with Crippen molar-refractivity contribution in [2.75, 3.05) is 5.32 Å². The summed E-state index contributed by atoms with van der Waals surface area (Å²) in [5.74, 6) is -0.729. The molecular formula is C33H35FN2O5. The molecule has 4 aromatic rings. The Morgan fingerprint density at radius 1 is 0.829 bits per heavy atom. The highest BCUT2D eigenvalue weighted by molar-refractivity contribution is 6.11. The number of aliphatic hydroxyl groups is 4. The molecule has 2 atom stereocenters. The summed E-state index contributed by atoms with van der Waals surface area (Å²) in [5.41, 5.74) is 4.42. The molecule has 0 aliphatic heterocycles. The van der Waals surface area contributed by atoms with Gasteiger partial charge in [-0.15, -0.1) is 0 Å². The van der Waals surface area contributed by atoms with Crippen LogP contribution < -0.4 is 5.32 Å². The molecule has 0 saturated carbocycles. The van der Waals surface area contributed by atoms with E-state index in [2.05, 4.69) is 5.32 Å². The van der Waals surface area contributed by atoms with Crippen molar-refractivity contribution >= 4 is 17.7 Å². The molecule has 0 radical (unpaired) electrons. The molecule has 0 unspecified atom stereocenters. The molecule has 7 nitrogen and oxygen atoms in total. The number of carbonyl (C=O) groups excluding carboxylic acids is 1. The summed E-state index contributed by atoms with van der Waals surface area (Å²) in [5, 5.41) is 42.1. The third-order valence-electron chi connectivity index (χ3n) is 6.67. The van der Waals surface area contributed by atoms with Gasteiger partial charge < -0.3 is 30.3 Å². The summed E-state index contributed by atoms with van der Waals surface area (Å²) in [7, 11) is 0. The van der Waals surface area contributed by atoms with Gasteiger partial charge >= 0.3 is 0 Å². The van der Waals surface area contributed by atoms with Crippen molar-refractivity contribution in [1.29, 1.82) is 0 Å². The van der Waals surface area contributed by atoms with E-state index in [4.69, 9.17) is 10.2 Å². The summed E-state index contributed by atoms with van der Waals surface area (Å²) in [6, 6.07) is 24.4. The lowest BCUT2D eigenvalue weighted by atomic mass is 9.94. The van der Waals surface area contributed by atoms with Gasteiger partial charge in [-0.3, -0.25) is 4.79 Å². The Morgan fingerprint density at radius 2 is 1.41 bits per heavy atom. The highest BCUT2D eigenvalue weighted by atomic mass is 19.1. The quantitative estimate of drug-likeness (QED) is 0.153. The Morgan fingerprint density at radius 3 is 2.00 bits per heavy atom. The van der Waals surface area contributed by atoms with E-state index in [0.717, 1.165) is 5.56 Å². The van der Waals surface area contributed by atoms with Crippen LogP contribution >= 0.6 is 0 Å². The van der Waals surface area contributed by atoms with Gasteiger partial charge in [0.25, 0.3) is 5.91 Å². The van der Waals surface area contributed by atoms with E-state index in [1.165, 1.54) is 18.2 Å². The van der Waals surface area contributed by atoms with Gasteiger partial charge in [-0.05, 0) is 55.3 Å². The minimum absolute atomic E-state index is 0.116. The molecule has 0 aliphatic carbocycles. The number of halogens is 1. The SMILES string of the molecule is CC(C)n1c(C=C[C@@H](O)C[C@@H](O)CC(O)O)c(-c2ccc(F)cc2)c(-c2ccccc2)c1C(=O)Nc1ccccc1. The number of para-hydroxylation sites is 1. The van der Waals surface area contributed by atoms with Crippen LogP contribution in [0, 0.1) is 5.82 Å². The van der Waals surface area contributed by atoms with Crippen LogP contribution in [0.15, 0.2) is 91.0 Å². The number of aromatic nitrogens is 1. The van der Waals surface area contributed by atoms with Crippen LogP contribution in [-0.2, 0) is 0 Å². The number of hydrogen-bond donors (Lipinski definition) is 5. The van der Waals surface area contributed by atoms with Crippen LogP contribution in [0.25, 0.3) is 28.3 Å². The third-order valence-corrected chi connectivity index (χ3v) is 6.67. The number of amides is 1. The van der Waals surface area contributed by atoms with Gasteiger partial charge in [0.1, 0.15) is 11.5 Å². The second-order valence-electron chi connectivity index (χ2n) is 10.2. The summed E-state index contributed by atoms with van der Waals surface area (Å²) in [6.07, 6.45) is -1.15. The molecule has 8 heteroatoms. The normalized spacial score (nSPS) is 13.2. The molecule has 3 aromatic carbocycles. The van der Waals surface area contributed by atoms with Gasteiger partial charge in [0.15, 0.2) is 6.29 Å². The lowest BCUT2D eigenvalue weighted by molar-refractivity contribution is -0.0739. The fourth-order valence-corrected chi connectivity index (χ4v) is 4.94. The van der Waals surface area contributed by atoms with E-state index < -0.39 is 24.3 Å². The third kappa shape index (κ3) is 7.36. The van der Waals surface area contributed by atoms with E-state index in [1.807, 2.05) is 66.9 Å². The lowest BCUT2D eigenvalue weighted by Gasteiger charge is -2.17. The molecule has 0 bridgehead atoms. The van der Waals surface area contributed by atoms with Gasteiger partial charge in [0.2, 0.25) is 0 Å². The standard InChI is InChI=1S/C33H35FN2O5/c1-21(2)36-28(18-17-26(37)19-27(38)20-29(39)40)30(23-13-15-24(34)16-14-23)31(22-9-5-3-6-10-22)32(36)33(41)35-25-11-7-4-8-12-25/h3-18,21,26-27,29,37-40H,19-20H2,1-2H3,(H,35,41)/t26-,27-/m1/s1. The molecule has 0 aliphatic rings. The minimum Gasteiger partial charge on any atom is -0.393 e. The molecule has 1 aromatic heterocycles. The monoisotopic (exact) mass is 558 g/mol. The summed E-state index contributed by atoms with van der Waals surface area (Å²) >= 11 is 0. The molecule has 0 spiro atoms. The fourth-order valence-electron chi connectivity index (χ4n) is 4.94. The van der Waals surface area contributed by atoms with Crippen molar-refractivity contribution in [2.45, 2.75) is 51.2 Å². The number of rotatable bonds is 11. The maximum Gasteiger partial charge on any atom is 0.272 e. The van der Waals surface area contributed by atoms with Gasteiger partial charge in [0.05, 0.1) is 12.2 Å². The highest BCUT2D eigenvalue weighted by Crippen LogP contribution is 2.42. The zero-order valence-electron chi connectivity index (χ0n) is 23.0. The van der Waals surface area contributed by atoms with Crippen molar-refractivity contribution in [2.24, 2.45) is 0 Å². The second kappa shape index (κ2) is 13.5. The molecule has 214 valence electrons. The number of carbonyl (C=O) groups is 1. The first-order chi connectivity index (χ1) is 19.7. The van der Waals surface area contributed by atoms with E-state index in [-0.39, 0.29) is 24.8 Å². The Hall–Kier alpha value is -4.08. The molecular weight excluding hydrogens is 523 g/mol. The highest BCUT2D eigenvalue weighted by Gasteiger charge is 2.29. The minimum atomic E-state index is -1.69. The van der Waals surface area contributed by atoms with Gasteiger partial charge in [-0.25, -0.2) is 4.39 Å². The average Bonchev–Trinajstić information content (AvgIpc) is 3.28. The number of anilines is 1. The summed E-state index contributed by atoms with van der Waals surface area (Å²) < 4.78 is 15.9. The Kier molecular flexibility index (Phi) is 9.86. The molecule has 4 rings (SSSR count). The number of nitrogens with zero attached hydrogens (tertiary/aromatic N) is 1. The smallest absolute Gasteiger partial charge is 0.272 e. The maximum atomic E-state index is 14.0. The number of benzene rings is 3. The van der Waals surface area contributed by atoms with Crippen LogP contribution in [-0.4, -0.2) is 49.4 Å². The number of aliphatic hydroxyl groups excluding tert-OH is 3. The van der Waals surface area contributed by atoms with Crippen LogP contribution in [0.5, 0.6) is 0 Å². The second-order valence-corrected chi connectivity index (χ2v) is 10.2. The largest absolute Gasteiger partial charge is 0.393 e. The van der Waals surface area contributed by atoms with Crippen molar-refractivity contribution in [3.63, 3.8) is 0 Å². The van der Waals surface area contributed by atoms with E-state index in [9.17, 15) is 19.4 Å². The van der Waals surface area contributed by atoms with Crippen LogP contribution in [0.1, 0.15) is 48.9 Å². The van der Waals surface area contributed by atoms with Crippen molar-refractivity contribution in [3.8, 4) is 22.3 Å². The maximum absolute atomic E-state index is 14.0. The summed E-state index contributed by atoms with van der Waals surface area (Å²) in [4.78, 5) is 14.0. The van der Waals surface area contributed by atoms with Crippen LogP contribution in [0.3, 0.4) is 0 Å². The first-order valence-corrected chi connectivity index (χ1v) is 13.5. The zero-order chi connectivity index (χ0) is 29.5. The van der Waals surface area contributed by atoms with Crippen molar-refractivity contribution in [3.05, 3.63) is 108 Å². The first kappa shape index (κ1) is 29.9. The number of nitrogens with one attached hydrogen (secondary N) is 1. The van der Waals surface area contributed by atoms with Gasteiger partial charge in [-0.2, -0.15) is 0 Å². The first-order valence-electron chi connectivity index (χ1n) is 13.5. The molecule has 0 saturated heterocycles. The van der Waals surface area contributed by atoms with Crippen molar-refractivity contribution in [1.82, 2.24) is 4.57 Å². The lowest BCUT2D eigenvalue weighted by Crippen LogP contribution is -2.21. The summed E-state index contributed by atoms with van der Waals surface area (Å²) in [6.45, 7) is 3.89. The predicted molar refractivity (Wildman–Crippen MR) is 159 cm³/mol. The Labute approximate surface area is 238 Å². The topological polar surface area (TPSA) is 115 Å². The van der Waals surface area contributed by atoms with Crippen molar-refractivity contribution < 1.29 is 29.6 Å². The average molecular weight is 559 g/mol. The molecule has 41 heavy (non-hydrogen) atoms. The molecule has 5 N–H and O–H groups in total. The van der Waals surface area contributed by atoms with Crippen LogP contribution in [0.4, 0.5) is 10.1 Å². The van der Waals surface area contributed by atoms with Gasteiger partial charge in [-0.1, -0.05) is 66.7 Å². The number of hydrogen-bond acceptors (Lipinski definition) is 5. The molecule has 0 fully saturated rings.